The molecule has 0 aliphatic heterocycles. The van der Waals surface area contributed by atoms with Gasteiger partial charge in [0.05, 0.1) is 11.4 Å². The second-order valence-electron chi connectivity index (χ2n) is 11.4. The molecule has 182 valence electrons. The first-order valence-electron chi connectivity index (χ1n) is 11.0. The van der Waals surface area contributed by atoms with Crippen LogP contribution < -0.4 is 4.90 Å². The number of carbonyl (C=O) groups is 2. The number of aromatic nitrogens is 2. The van der Waals surface area contributed by atoms with Crippen molar-refractivity contribution in [3.8, 4) is 0 Å². The summed E-state index contributed by atoms with van der Waals surface area (Å²) in [4.78, 5) is 35.6. The molecule has 0 unspecified atom stereocenters. The Morgan fingerprint density at radius 2 is 1.41 bits per heavy atom. The monoisotopic (exact) mass is 467 g/mol. The molecular weight excluding hydrogens is 426 g/mol. The number of ether oxygens (including phenoxy) is 2. The van der Waals surface area contributed by atoms with Gasteiger partial charge < -0.3 is 13.9 Å². The molecule has 0 aromatic carbocycles. The number of hydrogen-bond acceptors (Lipinski definition) is 7. The highest BCUT2D eigenvalue weighted by Crippen LogP contribution is 2.36. The van der Waals surface area contributed by atoms with Gasteiger partial charge in [0.15, 0.2) is 14.1 Å². The maximum absolute atomic E-state index is 12.9. The van der Waals surface area contributed by atoms with Gasteiger partial charge in [-0.2, -0.15) is 4.90 Å². The minimum Gasteiger partial charge on any atom is -0.443 e. The van der Waals surface area contributed by atoms with Gasteiger partial charge in [-0.3, -0.25) is 4.98 Å². The fourth-order valence-electron chi connectivity index (χ4n) is 2.30. The standard InChI is InChI=1S/C23H41N3O5Si/c1-16-18(25-17(15-24-16)13-14-29-32(11,12)23(8,9)10)26(19(27)30-21(2,3)4)20(28)31-22(5,6)7/h15H,13-14H2,1-12H3. The third-order valence-electron chi connectivity index (χ3n) is 4.97. The molecule has 0 spiro atoms. The van der Waals surface area contributed by atoms with Crippen LogP contribution in [0.25, 0.3) is 0 Å². The Morgan fingerprint density at radius 3 is 1.81 bits per heavy atom. The normalized spacial score (nSPS) is 13.0. The van der Waals surface area contributed by atoms with Crippen molar-refractivity contribution in [1.82, 2.24) is 9.97 Å². The largest absolute Gasteiger partial charge is 0.443 e. The SMILES string of the molecule is Cc1ncc(CCO[Si](C)(C)C(C)(C)C)nc1N(C(=O)OC(C)(C)C)C(=O)OC(C)(C)C. The van der Waals surface area contributed by atoms with Crippen LogP contribution in [0.3, 0.4) is 0 Å². The van der Waals surface area contributed by atoms with Gasteiger partial charge in [0.25, 0.3) is 0 Å². The maximum Gasteiger partial charge on any atom is 0.425 e. The van der Waals surface area contributed by atoms with Crippen molar-refractivity contribution in [3.05, 3.63) is 17.6 Å². The van der Waals surface area contributed by atoms with Crippen LogP contribution >= 0.6 is 0 Å². The molecular formula is C23H41N3O5Si. The van der Waals surface area contributed by atoms with Crippen molar-refractivity contribution < 1.29 is 23.5 Å². The summed E-state index contributed by atoms with van der Waals surface area (Å²) in [5, 5.41) is 0.0986. The predicted molar refractivity (Wildman–Crippen MR) is 129 cm³/mol. The quantitative estimate of drug-likeness (QED) is 0.488. The fourth-order valence-corrected chi connectivity index (χ4v) is 3.34. The highest BCUT2D eigenvalue weighted by Gasteiger charge is 2.37. The number of nitrogens with zero attached hydrogens (tertiary/aromatic N) is 3. The molecule has 0 fully saturated rings. The Balaban J connectivity index is 3.22. The molecule has 1 heterocycles. The summed E-state index contributed by atoms with van der Waals surface area (Å²) < 4.78 is 17.1. The summed E-state index contributed by atoms with van der Waals surface area (Å²) in [5.74, 6) is 0.0957. The van der Waals surface area contributed by atoms with Crippen molar-refractivity contribution in [2.75, 3.05) is 11.5 Å². The van der Waals surface area contributed by atoms with Gasteiger partial charge in [0.2, 0.25) is 0 Å². The van der Waals surface area contributed by atoms with Gasteiger partial charge in [-0.25, -0.2) is 14.6 Å². The van der Waals surface area contributed by atoms with Crippen molar-refractivity contribution in [1.29, 1.82) is 0 Å². The van der Waals surface area contributed by atoms with Gasteiger partial charge in [0.1, 0.15) is 11.2 Å². The van der Waals surface area contributed by atoms with Gasteiger partial charge >= 0.3 is 12.2 Å². The third kappa shape index (κ3) is 8.50. The van der Waals surface area contributed by atoms with Crippen LogP contribution in [0.1, 0.15) is 73.7 Å². The molecule has 0 bridgehead atoms. The lowest BCUT2D eigenvalue weighted by molar-refractivity contribution is 0.0428. The number of imide groups is 1. The Hall–Kier alpha value is -2.00. The molecule has 1 aromatic heterocycles. The van der Waals surface area contributed by atoms with Crippen LogP contribution in [-0.2, 0) is 20.3 Å². The molecule has 0 saturated heterocycles. The second-order valence-corrected chi connectivity index (χ2v) is 16.2. The van der Waals surface area contributed by atoms with E-state index in [2.05, 4.69) is 43.8 Å². The summed E-state index contributed by atoms with van der Waals surface area (Å²) in [6.45, 7) is 23.4. The zero-order valence-electron chi connectivity index (χ0n) is 21.9. The minimum atomic E-state index is -1.90. The second kappa shape index (κ2) is 9.87. The number of amides is 2. The molecule has 32 heavy (non-hydrogen) atoms. The van der Waals surface area contributed by atoms with Gasteiger partial charge in [0, 0.05) is 19.2 Å². The lowest BCUT2D eigenvalue weighted by Gasteiger charge is -2.36. The highest BCUT2D eigenvalue weighted by molar-refractivity contribution is 6.74. The number of rotatable bonds is 5. The first kappa shape index (κ1) is 28.0. The topological polar surface area (TPSA) is 90.9 Å². The van der Waals surface area contributed by atoms with Crippen molar-refractivity contribution in [3.63, 3.8) is 0 Å². The summed E-state index contributed by atoms with van der Waals surface area (Å²) in [6, 6.07) is 0. The molecule has 1 aromatic rings. The highest BCUT2D eigenvalue weighted by atomic mass is 28.4. The van der Waals surface area contributed by atoms with Crippen LogP contribution in [0.2, 0.25) is 18.1 Å². The molecule has 0 radical (unpaired) electrons. The van der Waals surface area contributed by atoms with Crippen LogP contribution in [0.4, 0.5) is 15.4 Å². The molecule has 8 nitrogen and oxygen atoms in total. The maximum atomic E-state index is 12.9. The third-order valence-corrected chi connectivity index (χ3v) is 9.51. The van der Waals surface area contributed by atoms with E-state index < -0.39 is 31.7 Å². The lowest BCUT2D eigenvalue weighted by Crippen LogP contribution is -2.44. The molecule has 0 N–H and O–H groups in total. The first-order valence-corrected chi connectivity index (χ1v) is 13.9. The fraction of sp³-hybridized carbons (Fsp3) is 0.739. The predicted octanol–water partition coefficient (Wildman–Crippen LogP) is 6.03. The average molecular weight is 468 g/mol. The zero-order chi connectivity index (χ0) is 25.1. The summed E-state index contributed by atoms with van der Waals surface area (Å²) in [6.07, 6.45) is 0.414. The van der Waals surface area contributed by atoms with E-state index in [9.17, 15) is 9.59 Å². The van der Waals surface area contributed by atoms with E-state index in [1.165, 1.54) is 0 Å². The van der Waals surface area contributed by atoms with Crippen LogP contribution in [0, 0.1) is 6.92 Å². The molecule has 9 heteroatoms. The van der Waals surface area contributed by atoms with Crippen molar-refractivity contribution >= 4 is 26.3 Å². The number of carbonyl (C=O) groups excluding carboxylic acids is 2. The smallest absolute Gasteiger partial charge is 0.425 e. The molecule has 2 amide bonds. The van der Waals surface area contributed by atoms with E-state index in [1.807, 2.05) is 0 Å². The van der Waals surface area contributed by atoms with E-state index in [0.717, 1.165) is 4.90 Å². The molecule has 1 rings (SSSR count). The Morgan fingerprint density at radius 1 is 0.938 bits per heavy atom. The van der Waals surface area contributed by atoms with Crippen LogP contribution in [0.5, 0.6) is 0 Å². The van der Waals surface area contributed by atoms with E-state index in [-0.39, 0.29) is 10.9 Å². The minimum absolute atomic E-state index is 0.0957. The lowest BCUT2D eigenvalue weighted by atomic mass is 10.2. The zero-order valence-corrected chi connectivity index (χ0v) is 22.9. The van der Waals surface area contributed by atoms with E-state index >= 15 is 0 Å². The summed E-state index contributed by atoms with van der Waals surface area (Å²) in [7, 11) is -1.90. The molecule has 0 saturated carbocycles. The number of hydrogen-bond donors (Lipinski definition) is 0. The van der Waals surface area contributed by atoms with Crippen LogP contribution in [0.15, 0.2) is 6.20 Å². The number of aryl methyl sites for hydroxylation is 1. The Bertz CT molecular complexity index is 792. The van der Waals surface area contributed by atoms with E-state index in [1.54, 1.807) is 54.7 Å². The number of anilines is 1. The van der Waals surface area contributed by atoms with Crippen molar-refractivity contribution in [2.24, 2.45) is 0 Å². The average Bonchev–Trinajstić information content (AvgIpc) is 2.53. The van der Waals surface area contributed by atoms with E-state index in [0.29, 0.717) is 24.4 Å². The van der Waals surface area contributed by atoms with Gasteiger partial charge in [-0.15, -0.1) is 0 Å². The Labute approximate surface area is 194 Å². The molecule has 0 atom stereocenters. The summed E-state index contributed by atoms with van der Waals surface area (Å²) in [5.41, 5.74) is -0.571. The van der Waals surface area contributed by atoms with Crippen LogP contribution in [-0.4, -0.2) is 48.3 Å². The van der Waals surface area contributed by atoms with Crippen molar-refractivity contribution in [2.45, 2.75) is 105 Å². The van der Waals surface area contributed by atoms with Gasteiger partial charge in [-0.05, 0) is 66.6 Å². The van der Waals surface area contributed by atoms with E-state index in [4.69, 9.17) is 13.9 Å². The Kier molecular flexibility index (Phi) is 8.64. The van der Waals surface area contributed by atoms with Gasteiger partial charge in [-0.1, -0.05) is 20.8 Å². The molecule has 0 aliphatic rings. The summed E-state index contributed by atoms with van der Waals surface area (Å²) >= 11 is 0. The first-order chi connectivity index (χ1) is 14.2. The molecule has 0 aliphatic carbocycles.